The van der Waals surface area contributed by atoms with Gasteiger partial charge in [0.15, 0.2) is 4.99 Å². The van der Waals surface area contributed by atoms with Crippen LogP contribution in [-0.2, 0) is 0 Å². The molecule has 8 nitrogen and oxygen atoms in total. The third kappa shape index (κ3) is 2.27. The fourth-order valence-electron chi connectivity index (χ4n) is 2.15. The second-order valence-electron chi connectivity index (χ2n) is 5.97. The number of hydrogen-bond acceptors (Lipinski definition) is 7. The first-order valence-electron chi connectivity index (χ1n) is 6.70. The fourth-order valence-corrected chi connectivity index (χ4v) is 4.01. The van der Waals surface area contributed by atoms with Crippen molar-refractivity contribution in [2.24, 2.45) is 20.9 Å². The van der Waals surface area contributed by atoms with E-state index in [1.807, 2.05) is 11.5 Å². The van der Waals surface area contributed by atoms with Crippen LogP contribution in [0.25, 0.3) is 0 Å². The highest BCUT2D eigenvalue weighted by Crippen LogP contribution is 2.43. The van der Waals surface area contributed by atoms with E-state index in [2.05, 4.69) is 36.2 Å². The monoisotopic (exact) mass is 320 g/mol. The molecular weight excluding hydrogens is 304 g/mol. The van der Waals surface area contributed by atoms with Crippen molar-refractivity contribution in [3.8, 4) is 0 Å². The number of nitro groups is 1. The van der Waals surface area contributed by atoms with Crippen molar-refractivity contribution < 1.29 is 4.92 Å². The molecule has 0 radical (unpaired) electrons. The molecule has 0 saturated carbocycles. The maximum Gasteiger partial charge on any atom is 0.269 e. The fraction of sp³-hybridized carbons (Fsp3) is 0.385. The van der Waals surface area contributed by atoms with Gasteiger partial charge in [-0.25, -0.2) is 4.41 Å². The van der Waals surface area contributed by atoms with E-state index in [0.29, 0.717) is 0 Å². The van der Waals surface area contributed by atoms with E-state index in [0.717, 1.165) is 16.4 Å². The zero-order valence-corrected chi connectivity index (χ0v) is 13.5. The summed E-state index contributed by atoms with van der Waals surface area (Å²) in [5, 5.41) is 23.8. The summed E-state index contributed by atoms with van der Waals surface area (Å²) >= 11 is 0. The predicted octanol–water partition coefficient (Wildman–Crippen LogP) is 3.36. The zero-order valence-electron chi connectivity index (χ0n) is 12.7. The van der Waals surface area contributed by atoms with E-state index < -0.39 is 15.8 Å². The van der Waals surface area contributed by atoms with Gasteiger partial charge >= 0.3 is 0 Å². The third-order valence-electron chi connectivity index (χ3n) is 3.24. The Hall–Kier alpha value is -2.29. The Kier molecular flexibility index (Phi) is 3.24. The number of non-ortho nitro benzene ring substituents is 1. The van der Waals surface area contributed by atoms with Gasteiger partial charge in [-0.3, -0.25) is 10.1 Å². The summed E-state index contributed by atoms with van der Waals surface area (Å²) in [5.41, 5.74) is 1.62. The summed E-state index contributed by atoms with van der Waals surface area (Å²) in [4.78, 5) is 11.2. The van der Waals surface area contributed by atoms with Crippen LogP contribution in [0, 0.1) is 15.5 Å². The van der Waals surface area contributed by atoms with Crippen molar-refractivity contribution in [1.29, 1.82) is 0 Å². The number of nitrogens with zero attached hydrogens (tertiary/aromatic N) is 6. The second kappa shape index (κ2) is 4.87. The van der Waals surface area contributed by atoms with Crippen LogP contribution in [0.4, 0.5) is 11.4 Å². The van der Waals surface area contributed by atoms with E-state index >= 15 is 0 Å². The van der Waals surface area contributed by atoms with Crippen molar-refractivity contribution in [2.45, 2.75) is 20.8 Å². The predicted molar refractivity (Wildman–Crippen MR) is 87.7 cm³/mol. The number of hydrazone groups is 1. The molecule has 22 heavy (non-hydrogen) atoms. The standard InChI is InChI=1S/C13H16N6O2S/c1-13(2,3)11-12-14-16-18(22(12)17(4)15-11)9-5-7-10(8-6-9)19(20)21/h5-8H,1-4H3. The Labute approximate surface area is 130 Å². The molecule has 1 aromatic carbocycles. The summed E-state index contributed by atoms with van der Waals surface area (Å²) in [7, 11) is 1.37. The van der Waals surface area contributed by atoms with Gasteiger partial charge in [0.25, 0.3) is 5.69 Å². The highest BCUT2D eigenvalue weighted by Gasteiger charge is 2.38. The number of anilines is 1. The van der Waals surface area contributed by atoms with Gasteiger partial charge in [-0.15, -0.1) is 5.11 Å². The van der Waals surface area contributed by atoms with Crippen molar-refractivity contribution in [2.75, 3.05) is 11.5 Å². The first-order valence-corrected chi connectivity index (χ1v) is 7.84. The number of rotatable bonds is 2. The van der Waals surface area contributed by atoms with Crippen LogP contribution in [-0.4, -0.2) is 27.1 Å². The number of nitro benzene ring substituents is 1. The van der Waals surface area contributed by atoms with Gasteiger partial charge < -0.3 is 0 Å². The zero-order chi connectivity index (χ0) is 16.1. The average molecular weight is 320 g/mol. The molecule has 0 N–H and O–H groups in total. The second-order valence-corrected chi connectivity index (χ2v) is 7.76. The lowest BCUT2D eigenvalue weighted by atomic mass is 9.90. The van der Waals surface area contributed by atoms with E-state index in [1.54, 1.807) is 16.5 Å². The molecule has 0 aromatic heterocycles. The number of benzene rings is 1. The minimum atomic E-state index is -0.519. The Balaban J connectivity index is 1.96. The molecular formula is C13H16N6O2S. The van der Waals surface area contributed by atoms with Crippen LogP contribution < -0.4 is 4.41 Å². The molecule has 3 rings (SSSR count). The van der Waals surface area contributed by atoms with Gasteiger partial charge in [0.1, 0.15) is 5.71 Å². The highest BCUT2D eigenvalue weighted by molar-refractivity contribution is 8.16. The lowest BCUT2D eigenvalue weighted by Crippen LogP contribution is -2.25. The first-order chi connectivity index (χ1) is 10.3. The summed E-state index contributed by atoms with van der Waals surface area (Å²) in [6, 6.07) is 6.29. The first kappa shape index (κ1) is 14.6. The molecule has 0 aliphatic carbocycles. The normalized spacial score (nSPS) is 20.5. The molecule has 116 valence electrons. The van der Waals surface area contributed by atoms with Crippen LogP contribution in [0.3, 0.4) is 0 Å². The molecule has 0 fully saturated rings. The summed E-state index contributed by atoms with van der Waals surface area (Å²) < 4.78 is 3.60. The molecule has 0 saturated heterocycles. The van der Waals surface area contributed by atoms with Crippen molar-refractivity contribution in [3.05, 3.63) is 34.4 Å². The molecule has 0 amide bonds. The Morgan fingerprint density at radius 3 is 2.41 bits per heavy atom. The van der Waals surface area contributed by atoms with Crippen molar-refractivity contribution >= 4 is 32.9 Å². The molecule has 0 spiro atoms. The molecule has 1 atom stereocenters. The Bertz CT molecular complexity index is 732. The van der Waals surface area contributed by atoms with Gasteiger partial charge in [-0.1, -0.05) is 26.0 Å². The van der Waals surface area contributed by atoms with E-state index in [4.69, 9.17) is 0 Å². The Morgan fingerprint density at radius 2 is 1.86 bits per heavy atom. The molecule has 2 heterocycles. The minimum absolute atomic E-state index is 0.0545. The Morgan fingerprint density at radius 1 is 1.23 bits per heavy atom. The highest BCUT2D eigenvalue weighted by atomic mass is 32.2. The van der Waals surface area contributed by atoms with Gasteiger partial charge in [0.2, 0.25) is 0 Å². The summed E-state index contributed by atoms with van der Waals surface area (Å²) in [6.07, 6.45) is 0. The van der Waals surface area contributed by atoms with Crippen LogP contribution in [0.5, 0.6) is 0 Å². The van der Waals surface area contributed by atoms with Gasteiger partial charge in [-0.05, 0) is 12.1 Å². The summed E-state index contributed by atoms with van der Waals surface area (Å²) in [6.45, 7) is 6.26. The third-order valence-corrected chi connectivity index (χ3v) is 5.05. The minimum Gasteiger partial charge on any atom is -0.258 e. The van der Waals surface area contributed by atoms with Crippen LogP contribution in [0.2, 0.25) is 0 Å². The smallest absolute Gasteiger partial charge is 0.258 e. The van der Waals surface area contributed by atoms with Crippen molar-refractivity contribution in [3.63, 3.8) is 0 Å². The SMILES string of the molecule is CN1N=C(C(C)(C)C)C2=S1N(c1ccc([N+](=O)[O-])cc1)N=N2. The molecule has 2 aliphatic rings. The van der Waals surface area contributed by atoms with Crippen LogP contribution in [0.1, 0.15) is 20.8 Å². The maximum absolute atomic E-state index is 10.7. The van der Waals surface area contributed by atoms with Gasteiger partial charge in [0.05, 0.1) is 21.5 Å². The quantitative estimate of drug-likeness (QED) is 0.475. The lowest BCUT2D eigenvalue weighted by molar-refractivity contribution is -0.384. The van der Waals surface area contributed by atoms with Crippen molar-refractivity contribution in [1.82, 2.24) is 4.41 Å². The topological polar surface area (TPSA) is 86.7 Å². The molecule has 1 aromatic rings. The van der Waals surface area contributed by atoms with E-state index in [1.165, 1.54) is 12.1 Å². The summed E-state index contributed by atoms with van der Waals surface area (Å²) in [5.74, 6) is 0. The molecule has 0 bridgehead atoms. The molecule has 2 aliphatic heterocycles. The lowest BCUT2D eigenvalue weighted by Gasteiger charge is -2.21. The largest absolute Gasteiger partial charge is 0.269 e. The average Bonchev–Trinajstić information content (AvgIpc) is 3.00. The van der Waals surface area contributed by atoms with Crippen LogP contribution >= 0.6 is 10.9 Å². The maximum atomic E-state index is 10.7. The van der Waals surface area contributed by atoms with E-state index in [9.17, 15) is 10.1 Å². The van der Waals surface area contributed by atoms with Crippen LogP contribution in [0.15, 0.2) is 39.7 Å². The number of hydrogen-bond donors (Lipinski definition) is 0. The molecule has 9 heteroatoms. The van der Waals surface area contributed by atoms with Gasteiger partial charge in [0, 0.05) is 24.6 Å². The van der Waals surface area contributed by atoms with Gasteiger partial charge in [-0.2, -0.15) is 9.52 Å². The van der Waals surface area contributed by atoms with E-state index in [-0.39, 0.29) is 11.1 Å². The molecule has 1 unspecified atom stereocenters.